The first-order valence-electron chi connectivity index (χ1n) is 11.1. The molecule has 3 aromatic rings. The molecule has 5 rings (SSSR count). The molecule has 2 unspecified atom stereocenters. The van der Waals surface area contributed by atoms with Crippen molar-refractivity contribution >= 4 is 29.0 Å². The molecule has 0 bridgehead atoms. The van der Waals surface area contributed by atoms with E-state index in [1.807, 2.05) is 42.6 Å². The minimum absolute atomic E-state index is 0.0664. The summed E-state index contributed by atoms with van der Waals surface area (Å²) in [6.07, 6.45) is 8.98. The van der Waals surface area contributed by atoms with Crippen LogP contribution in [0, 0.1) is 5.92 Å². The quantitative estimate of drug-likeness (QED) is 0.260. The average molecular weight is 439 g/mol. The number of fused-ring (bicyclic) bond motifs is 3. The molecule has 1 fully saturated rings. The van der Waals surface area contributed by atoms with Crippen LogP contribution in [0.2, 0.25) is 0 Å². The van der Waals surface area contributed by atoms with Gasteiger partial charge in [0.25, 0.3) is 5.91 Å². The Bertz CT molecular complexity index is 1210. The number of nitrogens with zero attached hydrogens (tertiary/aromatic N) is 1. The van der Waals surface area contributed by atoms with Crippen molar-refractivity contribution in [1.29, 1.82) is 0 Å². The maximum absolute atomic E-state index is 12.5. The summed E-state index contributed by atoms with van der Waals surface area (Å²) in [6.45, 7) is 4.77. The molecule has 1 aliphatic heterocycles. The number of nitrogens with one attached hydrogen (secondary N) is 3. The second-order valence-corrected chi connectivity index (χ2v) is 8.37. The molecule has 6 nitrogen and oxygen atoms in total. The molecular formula is C27H26N4O2. The number of benzene rings is 2. The molecule has 0 radical (unpaired) electrons. The Morgan fingerprint density at radius 1 is 1.21 bits per heavy atom. The van der Waals surface area contributed by atoms with Crippen molar-refractivity contribution in [2.75, 3.05) is 23.8 Å². The van der Waals surface area contributed by atoms with Crippen LogP contribution in [0.15, 0.2) is 85.6 Å². The van der Waals surface area contributed by atoms with Crippen LogP contribution in [0.5, 0.6) is 0 Å². The Balaban J connectivity index is 1.37. The second kappa shape index (κ2) is 8.92. The third-order valence-electron chi connectivity index (χ3n) is 6.27. The van der Waals surface area contributed by atoms with Gasteiger partial charge in [-0.15, -0.1) is 6.58 Å². The molecule has 2 atom stereocenters. The van der Waals surface area contributed by atoms with E-state index in [1.165, 1.54) is 5.56 Å². The van der Waals surface area contributed by atoms with Gasteiger partial charge >= 0.3 is 0 Å². The van der Waals surface area contributed by atoms with Gasteiger partial charge in [-0.1, -0.05) is 36.4 Å². The van der Waals surface area contributed by atoms with Crippen molar-refractivity contribution in [2.45, 2.75) is 11.8 Å². The molecule has 166 valence electrons. The van der Waals surface area contributed by atoms with Crippen LogP contribution in [0.3, 0.4) is 0 Å². The number of carbonyl (C=O) groups is 1. The van der Waals surface area contributed by atoms with Gasteiger partial charge in [-0.05, 0) is 60.4 Å². The molecule has 3 N–H and O–H groups in total. The number of pyridine rings is 1. The van der Waals surface area contributed by atoms with Crippen molar-refractivity contribution in [3.8, 4) is 0 Å². The summed E-state index contributed by atoms with van der Waals surface area (Å²) in [7, 11) is 0. The Morgan fingerprint density at radius 2 is 2.09 bits per heavy atom. The second-order valence-electron chi connectivity index (χ2n) is 8.37. The summed E-state index contributed by atoms with van der Waals surface area (Å²) in [5.41, 5.74) is 8.04. The van der Waals surface area contributed by atoms with E-state index in [2.05, 4.69) is 58.0 Å². The van der Waals surface area contributed by atoms with E-state index in [9.17, 15) is 4.79 Å². The Kier molecular flexibility index (Phi) is 5.67. The Hall–Kier alpha value is -3.90. The molecule has 33 heavy (non-hydrogen) atoms. The number of hydrogen-bond donors (Lipinski definition) is 3. The third kappa shape index (κ3) is 4.25. The highest BCUT2D eigenvalue weighted by Gasteiger charge is 2.56. The number of anilines is 3. The van der Waals surface area contributed by atoms with Crippen LogP contribution in [-0.4, -0.2) is 24.0 Å². The van der Waals surface area contributed by atoms with Gasteiger partial charge in [0, 0.05) is 29.5 Å². The first-order valence-corrected chi connectivity index (χ1v) is 11.1. The molecule has 2 heterocycles. The molecule has 2 aliphatic rings. The van der Waals surface area contributed by atoms with Crippen LogP contribution in [-0.2, 0) is 10.3 Å². The van der Waals surface area contributed by atoms with Crippen molar-refractivity contribution in [3.05, 3.63) is 102 Å². The van der Waals surface area contributed by atoms with Crippen LogP contribution in [0.25, 0.3) is 6.08 Å². The maximum atomic E-state index is 12.5. The standard InChI is InChI=1S/C27H26N4O2/c1-2-15-33-31-26(32)22-8-3-4-9-24(22)30-21-10-11-23-25(16-21)29-18-19-17-27(19,23)13-12-20-7-5-6-14-28-20/h2-14,16,19,29-30H,1,15,17-18H2,(H,31,32)/b13-12+. The number of allylic oxidation sites excluding steroid dienone is 1. The van der Waals surface area contributed by atoms with E-state index in [0.29, 0.717) is 17.2 Å². The Morgan fingerprint density at radius 3 is 2.94 bits per heavy atom. The maximum Gasteiger partial charge on any atom is 0.276 e. The van der Waals surface area contributed by atoms with Gasteiger partial charge in [-0.3, -0.25) is 14.6 Å². The number of amides is 1. The highest BCUT2D eigenvalue weighted by atomic mass is 16.6. The molecule has 2 aromatic carbocycles. The van der Waals surface area contributed by atoms with E-state index >= 15 is 0 Å². The SMILES string of the molecule is C=CCONC(=O)c1ccccc1Nc1ccc2c(c1)NCC1CC21/C=C/c1ccccn1. The van der Waals surface area contributed by atoms with Crippen molar-refractivity contribution in [2.24, 2.45) is 5.92 Å². The smallest absolute Gasteiger partial charge is 0.276 e. The predicted molar refractivity (Wildman–Crippen MR) is 131 cm³/mol. The van der Waals surface area contributed by atoms with Crippen molar-refractivity contribution < 1.29 is 9.63 Å². The lowest BCUT2D eigenvalue weighted by atomic mass is 9.88. The van der Waals surface area contributed by atoms with Gasteiger partial charge < -0.3 is 10.6 Å². The van der Waals surface area contributed by atoms with Crippen molar-refractivity contribution in [1.82, 2.24) is 10.5 Å². The van der Waals surface area contributed by atoms with Crippen LogP contribution in [0.4, 0.5) is 17.1 Å². The van der Waals surface area contributed by atoms with Crippen LogP contribution >= 0.6 is 0 Å². The van der Waals surface area contributed by atoms with Gasteiger partial charge in [0.2, 0.25) is 0 Å². The topological polar surface area (TPSA) is 75.3 Å². The van der Waals surface area contributed by atoms with E-state index < -0.39 is 0 Å². The molecule has 0 saturated heterocycles. The van der Waals surface area contributed by atoms with Gasteiger partial charge in [0.15, 0.2) is 0 Å². The fourth-order valence-electron chi connectivity index (χ4n) is 4.51. The number of aromatic nitrogens is 1. The monoisotopic (exact) mass is 438 g/mol. The van der Waals surface area contributed by atoms with Gasteiger partial charge in [0.05, 0.1) is 23.6 Å². The fraction of sp³-hybridized carbons (Fsp3) is 0.185. The number of hydroxylamine groups is 1. The zero-order valence-electron chi connectivity index (χ0n) is 18.3. The lowest BCUT2D eigenvalue weighted by molar-refractivity contribution is 0.0422. The highest BCUT2D eigenvalue weighted by molar-refractivity contribution is 5.99. The largest absolute Gasteiger partial charge is 0.384 e. The third-order valence-corrected chi connectivity index (χ3v) is 6.27. The lowest BCUT2D eigenvalue weighted by Crippen LogP contribution is -2.24. The minimum atomic E-state index is -0.310. The number of hydrogen-bond acceptors (Lipinski definition) is 5. The predicted octanol–water partition coefficient (Wildman–Crippen LogP) is 5.07. The summed E-state index contributed by atoms with van der Waals surface area (Å²) in [4.78, 5) is 22.0. The molecule has 1 aliphatic carbocycles. The van der Waals surface area contributed by atoms with Crippen LogP contribution in [0.1, 0.15) is 28.0 Å². The fourth-order valence-corrected chi connectivity index (χ4v) is 4.51. The van der Waals surface area contributed by atoms with E-state index in [1.54, 1.807) is 12.1 Å². The number of rotatable bonds is 8. The van der Waals surface area contributed by atoms with Crippen molar-refractivity contribution in [3.63, 3.8) is 0 Å². The zero-order valence-corrected chi connectivity index (χ0v) is 18.3. The van der Waals surface area contributed by atoms with Gasteiger partial charge in [-0.25, -0.2) is 5.48 Å². The molecule has 6 heteroatoms. The molecule has 0 spiro atoms. The first-order chi connectivity index (χ1) is 16.2. The van der Waals surface area contributed by atoms with E-state index in [4.69, 9.17) is 4.84 Å². The number of carbonyl (C=O) groups excluding carboxylic acids is 1. The summed E-state index contributed by atoms with van der Waals surface area (Å²) < 4.78 is 0. The normalized spacial score (nSPS) is 20.3. The summed E-state index contributed by atoms with van der Waals surface area (Å²) in [5.74, 6) is 0.291. The molecule has 1 amide bonds. The minimum Gasteiger partial charge on any atom is -0.384 e. The number of para-hydroxylation sites is 1. The summed E-state index contributed by atoms with van der Waals surface area (Å²) in [5, 5.41) is 6.96. The molecular weight excluding hydrogens is 412 g/mol. The highest BCUT2D eigenvalue weighted by Crippen LogP contribution is 2.60. The van der Waals surface area contributed by atoms with Gasteiger partial charge in [-0.2, -0.15) is 0 Å². The average Bonchev–Trinajstić information content (AvgIpc) is 3.59. The lowest BCUT2D eigenvalue weighted by Gasteiger charge is -2.25. The van der Waals surface area contributed by atoms with Gasteiger partial charge in [0.1, 0.15) is 0 Å². The van der Waals surface area contributed by atoms with E-state index in [-0.39, 0.29) is 17.9 Å². The van der Waals surface area contributed by atoms with Crippen LogP contribution < -0.4 is 16.1 Å². The molecule has 1 saturated carbocycles. The zero-order chi connectivity index (χ0) is 22.7. The summed E-state index contributed by atoms with van der Waals surface area (Å²) >= 11 is 0. The molecule has 1 aromatic heterocycles. The first kappa shape index (κ1) is 21.0. The summed E-state index contributed by atoms with van der Waals surface area (Å²) in [6, 6.07) is 19.7. The Labute approximate surface area is 193 Å². The van der Waals surface area contributed by atoms with E-state index in [0.717, 1.165) is 30.0 Å².